The minimum Gasteiger partial charge on any atom is -0.507 e. The molecule has 1 aromatic rings. The summed E-state index contributed by atoms with van der Waals surface area (Å²) in [5.41, 5.74) is 0.910. The summed E-state index contributed by atoms with van der Waals surface area (Å²) in [5, 5.41) is 8.81. The monoisotopic (exact) mass is 488 g/mol. The Morgan fingerprint density at radius 3 is 1.76 bits per heavy atom. The lowest BCUT2D eigenvalue weighted by molar-refractivity contribution is -0.161. The molecule has 184 valence electrons. The van der Waals surface area contributed by atoms with Gasteiger partial charge in [-0.15, -0.1) is 0 Å². The average molecular weight is 489 g/mol. The summed E-state index contributed by atoms with van der Waals surface area (Å²) in [7, 11) is -0.773. The summed E-state index contributed by atoms with van der Waals surface area (Å²) < 4.78 is 16.9. The largest absolute Gasteiger partial charge is 0.507 e. The highest BCUT2D eigenvalue weighted by Gasteiger charge is 2.66. The van der Waals surface area contributed by atoms with Crippen LogP contribution in [0, 0.1) is 5.41 Å². The van der Waals surface area contributed by atoms with Gasteiger partial charge in [0.2, 0.25) is 5.16 Å². The van der Waals surface area contributed by atoms with E-state index < -0.39 is 42.4 Å². The molecule has 7 nitrogen and oxygen atoms in total. The van der Waals surface area contributed by atoms with Gasteiger partial charge in [0.25, 0.3) is 0 Å². The molecule has 0 radical (unpaired) electrons. The second kappa shape index (κ2) is 8.67. The van der Waals surface area contributed by atoms with Crippen LogP contribution in [0.4, 0.5) is 0 Å². The Labute approximate surface area is 201 Å². The Hall–Kier alpha value is -2.40. The molecule has 2 bridgehead atoms. The fourth-order valence-electron chi connectivity index (χ4n) is 4.90. The third-order valence-electron chi connectivity index (χ3n) is 6.90. The number of ether oxygens (including phenoxy) is 1. The molecule has 8 heteroatoms. The van der Waals surface area contributed by atoms with Gasteiger partial charge in [0.15, 0.2) is 25.8 Å². The summed E-state index contributed by atoms with van der Waals surface area (Å²) in [6.45, 7) is 11.9. The smallest absolute Gasteiger partial charge is 0.306 e. The van der Waals surface area contributed by atoms with Crippen molar-refractivity contribution in [1.29, 1.82) is 0 Å². The maximum absolute atomic E-state index is 12.5. The van der Waals surface area contributed by atoms with Gasteiger partial charge in [0, 0.05) is 31.1 Å². The van der Waals surface area contributed by atoms with E-state index in [1.807, 2.05) is 53.7 Å². The number of carbonyl (C=O) groups excluding carboxylic acids is 4. The SMILES string of the molecule is CC(C)(C)c1cc(CCC(=O)OCC23CC(=O)C(P=O)(C(=O)C2)C(=O)C3)cc(C(C)(C)C)c1O. The molecule has 0 unspecified atom stereocenters. The minimum atomic E-state index is -2.04. The number of phenolic OH excluding ortho intramolecular Hbond substituents is 1. The lowest BCUT2D eigenvalue weighted by atomic mass is 9.58. The molecular weight excluding hydrogens is 455 g/mol. The number of esters is 1. The molecule has 34 heavy (non-hydrogen) atoms. The fraction of sp³-hybridized carbons (Fsp3) is 0.615. The minimum absolute atomic E-state index is 0.0764. The first-order valence-corrected chi connectivity index (χ1v) is 12.3. The Bertz CT molecular complexity index is 988. The molecular formula is C26H33O7P. The van der Waals surface area contributed by atoms with Crippen molar-refractivity contribution in [3.8, 4) is 5.75 Å². The molecule has 0 heterocycles. The Morgan fingerprint density at radius 1 is 0.941 bits per heavy atom. The summed E-state index contributed by atoms with van der Waals surface area (Å²) in [6.07, 6.45) is 0.165. The summed E-state index contributed by atoms with van der Waals surface area (Å²) in [5.74, 6) is -2.18. The van der Waals surface area contributed by atoms with E-state index in [4.69, 9.17) is 4.74 Å². The van der Waals surface area contributed by atoms with Crippen LogP contribution in [-0.2, 0) is 45.7 Å². The van der Waals surface area contributed by atoms with Crippen molar-refractivity contribution in [3.63, 3.8) is 0 Å². The maximum Gasteiger partial charge on any atom is 0.306 e. The van der Waals surface area contributed by atoms with Crippen molar-refractivity contribution < 1.29 is 33.6 Å². The number of fused-ring (bicyclic) bond motifs is 3. The molecule has 0 amide bonds. The number of aryl methyl sites for hydroxylation is 1. The second-order valence-electron chi connectivity index (χ2n) is 11.8. The van der Waals surface area contributed by atoms with Gasteiger partial charge in [0.05, 0.1) is 6.61 Å². The highest BCUT2D eigenvalue weighted by atomic mass is 31.1. The number of ketones is 3. The van der Waals surface area contributed by atoms with Crippen LogP contribution in [0.5, 0.6) is 5.75 Å². The highest BCUT2D eigenvalue weighted by molar-refractivity contribution is 7.32. The number of carbonyl (C=O) groups is 4. The predicted molar refractivity (Wildman–Crippen MR) is 126 cm³/mol. The first kappa shape index (κ1) is 26.2. The van der Waals surface area contributed by atoms with Crippen LogP contribution in [0.2, 0.25) is 0 Å². The number of rotatable bonds is 6. The standard InChI is InChI=1S/C26H33O7P/c1-23(2,3)16-9-15(10-17(22(16)31)24(4,5)6)7-8-21(30)33-14-25-11-18(27)26(34-32,19(28)12-25)20(29)13-25/h9-10,31H,7-8,11-14H2,1-6H3. The second-order valence-corrected chi connectivity index (χ2v) is 12.7. The van der Waals surface area contributed by atoms with Crippen molar-refractivity contribution in [2.75, 3.05) is 6.61 Å². The Balaban J connectivity index is 1.71. The molecule has 0 saturated heterocycles. The molecule has 3 aliphatic carbocycles. The molecule has 1 aromatic carbocycles. The zero-order valence-electron chi connectivity index (χ0n) is 20.7. The molecule has 0 spiro atoms. The number of phenols is 1. The molecule has 4 rings (SSSR count). The normalized spacial score (nSPS) is 25.2. The van der Waals surface area contributed by atoms with Crippen molar-refractivity contribution in [3.05, 3.63) is 28.8 Å². The molecule has 1 N–H and O–H groups in total. The van der Waals surface area contributed by atoms with Crippen LogP contribution < -0.4 is 0 Å². The van der Waals surface area contributed by atoms with E-state index in [1.165, 1.54) is 0 Å². The number of Topliss-reactive ketones (excluding diaryl/α,β-unsaturated/α-hetero) is 3. The zero-order chi connectivity index (χ0) is 25.7. The Kier molecular flexibility index (Phi) is 6.69. The van der Waals surface area contributed by atoms with Crippen LogP contribution >= 0.6 is 8.46 Å². The van der Waals surface area contributed by atoms with Gasteiger partial charge in [-0.25, -0.2) is 0 Å². The van der Waals surface area contributed by atoms with Crippen LogP contribution in [-0.4, -0.2) is 40.2 Å². The van der Waals surface area contributed by atoms with E-state index in [0.29, 0.717) is 6.42 Å². The third kappa shape index (κ3) is 4.59. The van der Waals surface area contributed by atoms with Crippen molar-refractivity contribution >= 4 is 31.8 Å². The number of hydrogen-bond acceptors (Lipinski definition) is 7. The number of benzene rings is 1. The molecule has 0 aromatic heterocycles. The quantitative estimate of drug-likeness (QED) is 0.359. The molecule has 3 saturated carbocycles. The van der Waals surface area contributed by atoms with Gasteiger partial charge in [-0.3, -0.25) is 23.7 Å². The zero-order valence-corrected chi connectivity index (χ0v) is 21.6. The highest BCUT2D eigenvalue weighted by Crippen LogP contribution is 2.52. The lowest BCUT2D eigenvalue weighted by Crippen LogP contribution is -2.63. The van der Waals surface area contributed by atoms with Gasteiger partial charge >= 0.3 is 5.97 Å². The summed E-state index contributed by atoms with van der Waals surface area (Å²) in [6, 6.07) is 3.83. The van der Waals surface area contributed by atoms with E-state index in [-0.39, 0.29) is 48.9 Å². The first-order chi connectivity index (χ1) is 15.6. The molecule has 0 atom stereocenters. The molecule has 3 fully saturated rings. The average Bonchev–Trinajstić information content (AvgIpc) is 2.69. The van der Waals surface area contributed by atoms with Crippen LogP contribution in [0.3, 0.4) is 0 Å². The third-order valence-corrected chi connectivity index (χ3v) is 7.92. The van der Waals surface area contributed by atoms with E-state index in [2.05, 4.69) is 0 Å². The van der Waals surface area contributed by atoms with Crippen LogP contribution in [0.25, 0.3) is 0 Å². The van der Waals surface area contributed by atoms with Crippen LogP contribution in [0.1, 0.15) is 83.9 Å². The van der Waals surface area contributed by atoms with Crippen molar-refractivity contribution in [2.45, 2.75) is 89.6 Å². The van der Waals surface area contributed by atoms with Gasteiger partial charge in [-0.2, -0.15) is 0 Å². The maximum atomic E-state index is 12.5. The number of aromatic hydroxyl groups is 1. The number of hydrogen-bond donors (Lipinski definition) is 1. The fourth-order valence-corrected chi connectivity index (χ4v) is 5.44. The Morgan fingerprint density at radius 2 is 1.38 bits per heavy atom. The van der Waals surface area contributed by atoms with E-state index in [0.717, 1.165) is 16.7 Å². The van der Waals surface area contributed by atoms with E-state index >= 15 is 0 Å². The van der Waals surface area contributed by atoms with Crippen molar-refractivity contribution in [1.82, 2.24) is 0 Å². The predicted octanol–water partition coefficient (Wildman–Crippen LogP) is 4.38. The first-order valence-electron chi connectivity index (χ1n) is 11.5. The summed E-state index contributed by atoms with van der Waals surface area (Å²) >= 11 is 0. The molecule has 3 aliphatic rings. The van der Waals surface area contributed by atoms with Crippen LogP contribution in [0.15, 0.2) is 12.1 Å². The lowest BCUT2D eigenvalue weighted by Gasteiger charge is -2.45. The van der Waals surface area contributed by atoms with Gasteiger partial charge in [-0.05, 0) is 33.9 Å². The van der Waals surface area contributed by atoms with Gasteiger partial charge in [0.1, 0.15) is 5.75 Å². The van der Waals surface area contributed by atoms with E-state index in [9.17, 15) is 28.8 Å². The topological polar surface area (TPSA) is 115 Å². The molecule has 0 aliphatic heterocycles. The summed E-state index contributed by atoms with van der Waals surface area (Å²) in [4.78, 5) is 49.8. The van der Waals surface area contributed by atoms with Gasteiger partial charge in [-0.1, -0.05) is 53.7 Å². The van der Waals surface area contributed by atoms with Gasteiger partial charge < -0.3 is 9.84 Å². The van der Waals surface area contributed by atoms with E-state index in [1.54, 1.807) is 0 Å². The van der Waals surface area contributed by atoms with Crippen molar-refractivity contribution in [2.24, 2.45) is 5.41 Å².